The summed E-state index contributed by atoms with van der Waals surface area (Å²) in [5.41, 5.74) is 0. The molecule has 1 aromatic rings. The van der Waals surface area contributed by atoms with Gasteiger partial charge in [-0.3, -0.25) is 19.3 Å². The molecule has 3 rings (SSSR count). The normalized spacial score (nSPS) is 24.5. The van der Waals surface area contributed by atoms with Gasteiger partial charge in [-0.1, -0.05) is 18.0 Å². The molecule has 2 fully saturated rings. The van der Waals surface area contributed by atoms with Crippen molar-refractivity contribution in [2.75, 3.05) is 6.54 Å². The van der Waals surface area contributed by atoms with Crippen LogP contribution in [0.15, 0.2) is 4.52 Å². The Morgan fingerprint density at radius 3 is 2.45 bits per heavy atom. The maximum Gasteiger partial charge on any atom is 0.326 e. The lowest BCUT2D eigenvalue weighted by Crippen LogP contribution is -2.36. The second-order valence-corrected chi connectivity index (χ2v) is 5.66. The zero-order chi connectivity index (χ0) is 15.7. The second kappa shape index (κ2) is 5.86. The smallest absolute Gasteiger partial charge is 0.326 e. The zero-order valence-electron chi connectivity index (χ0n) is 12.3. The number of carbonyl (C=O) groups is 3. The topological polar surface area (TPSA) is 103 Å². The van der Waals surface area contributed by atoms with E-state index in [0.717, 1.165) is 30.6 Å². The number of hydrogen-bond acceptors (Lipinski definition) is 7. The van der Waals surface area contributed by atoms with Crippen molar-refractivity contribution in [2.24, 2.45) is 11.8 Å². The van der Waals surface area contributed by atoms with Gasteiger partial charge in [0, 0.05) is 0 Å². The number of aryl methyl sites for hydroxylation is 1. The first kappa shape index (κ1) is 14.7. The van der Waals surface area contributed by atoms with Gasteiger partial charge < -0.3 is 9.26 Å². The Kier molecular flexibility index (Phi) is 3.91. The number of amides is 2. The van der Waals surface area contributed by atoms with E-state index in [1.54, 1.807) is 6.92 Å². The molecule has 0 N–H and O–H groups in total. The van der Waals surface area contributed by atoms with Crippen LogP contribution in [0.5, 0.6) is 0 Å². The lowest BCUT2D eigenvalue weighted by atomic mass is 9.81. The molecule has 0 spiro atoms. The van der Waals surface area contributed by atoms with Crippen LogP contribution in [0.4, 0.5) is 0 Å². The van der Waals surface area contributed by atoms with Crippen molar-refractivity contribution in [3.05, 3.63) is 11.7 Å². The van der Waals surface area contributed by atoms with Crippen molar-refractivity contribution in [3.8, 4) is 0 Å². The van der Waals surface area contributed by atoms with E-state index in [1.165, 1.54) is 0 Å². The van der Waals surface area contributed by atoms with Crippen LogP contribution in [0, 0.1) is 18.8 Å². The summed E-state index contributed by atoms with van der Waals surface area (Å²) in [5.74, 6) is -1.05. The highest BCUT2D eigenvalue weighted by atomic mass is 16.6. The van der Waals surface area contributed by atoms with E-state index in [0.29, 0.717) is 5.82 Å². The molecule has 1 aromatic heterocycles. The number of nitrogens with zero attached hydrogens (tertiary/aromatic N) is 3. The highest BCUT2D eigenvalue weighted by Crippen LogP contribution is 2.37. The first-order valence-electron chi connectivity index (χ1n) is 7.36. The minimum atomic E-state index is -0.656. The SMILES string of the molecule is Cc1noc(COC(=O)CN2C(=O)C3CCCCC3C2=O)n1. The molecular weight excluding hydrogens is 290 g/mol. The Hall–Kier alpha value is -2.25. The van der Waals surface area contributed by atoms with Crippen LogP contribution in [0.2, 0.25) is 0 Å². The van der Waals surface area contributed by atoms with Crippen molar-refractivity contribution in [2.45, 2.75) is 39.2 Å². The van der Waals surface area contributed by atoms with Crippen LogP contribution in [-0.4, -0.2) is 39.4 Å². The van der Waals surface area contributed by atoms with E-state index in [1.807, 2.05) is 0 Å². The Bertz CT molecular complexity index is 587. The molecular formula is C14H17N3O5. The molecule has 1 saturated carbocycles. The predicted octanol–water partition coefficient (Wildman–Crippen LogP) is 0.596. The summed E-state index contributed by atoms with van der Waals surface area (Å²) in [6.45, 7) is 1.14. The third-order valence-corrected chi connectivity index (χ3v) is 4.15. The van der Waals surface area contributed by atoms with Gasteiger partial charge in [-0.05, 0) is 19.8 Å². The molecule has 22 heavy (non-hydrogen) atoms. The van der Waals surface area contributed by atoms with E-state index in [9.17, 15) is 14.4 Å². The first-order valence-corrected chi connectivity index (χ1v) is 7.36. The van der Waals surface area contributed by atoms with Crippen molar-refractivity contribution in [1.29, 1.82) is 0 Å². The summed E-state index contributed by atoms with van der Waals surface area (Å²) in [4.78, 5) is 41.2. The number of hydrogen-bond donors (Lipinski definition) is 0. The molecule has 0 bridgehead atoms. The molecule has 8 heteroatoms. The molecule has 0 radical (unpaired) electrons. The monoisotopic (exact) mass is 307 g/mol. The van der Waals surface area contributed by atoms with Crippen LogP contribution >= 0.6 is 0 Å². The fourth-order valence-electron chi connectivity index (χ4n) is 3.10. The molecule has 2 amide bonds. The van der Waals surface area contributed by atoms with Gasteiger partial charge in [0.1, 0.15) is 6.54 Å². The number of rotatable bonds is 4. The van der Waals surface area contributed by atoms with Crippen molar-refractivity contribution >= 4 is 17.8 Å². The lowest BCUT2D eigenvalue weighted by Gasteiger charge is -2.19. The largest absolute Gasteiger partial charge is 0.454 e. The third kappa shape index (κ3) is 2.72. The van der Waals surface area contributed by atoms with Gasteiger partial charge in [0.05, 0.1) is 11.8 Å². The van der Waals surface area contributed by atoms with Gasteiger partial charge in [-0.15, -0.1) is 0 Å². The van der Waals surface area contributed by atoms with E-state index in [4.69, 9.17) is 9.26 Å². The minimum Gasteiger partial charge on any atom is -0.454 e. The van der Waals surface area contributed by atoms with Crippen LogP contribution in [0.3, 0.4) is 0 Å². The maximum absolute atomic E-state index is 12.2. The van der Waals surface area contributed by atoms with E-state index in [-0.39, 0.29) is 42.7 Å². The molecule has 2 atom stereocenters. The quantitative estimate of drug-likeness (QED) is 0.592. The highest BCUT2D eigenvalue weighted by molar-refractivity contribution is 6.07. The van der Waals surface area contributed by atoms with Gasteiger partial charge in [0.25, 0.3) is 5.89 Å². The minimum absolute atomic E-state index is 0.164. The Morgan fingerprint density at radius 1 is 1.27 bits per heavy atom. The zero-order valence-corrected chi connectivity index (χ0v) is 12.3. The summed E-state index contributed by atoms with van der Waals surface area (Å²) in [7, 11) is 0. The average molecular weight is 307 g/mol. The van der Waals surface area contributed by atoms with E-state index < -0.39 is 5.97 Å². The molecule has 0 aromatic carbocycles. The summed E-state index contributed by atoms with van der Waals surface area (Å²) >= 11 is 0. The van der Waals surface area contributed by atoms with Crippen molar-refractivity contribution in [3.63, 3.8) is 0 Å². The highest BCUT2D eigenvalue weighted by Gasteiger charge is 2.48. The molecule has 118 valence electrons. The predicted molar refractivity (Wildman–Crippen MR) is 71.0 cm³/mol. The van der Waals surface area contributed by atoms with Crippen LogP contribution < -0.4 is 0 Å². The lowest BCUT2D eigenvalue weighted by molar-refractivity contribution is -0.154. The molecule has 8 nitrogen and oxygen atoms in total. The van der Waals surface area contributed by atoms with E-state index >= 15 is 0 Å². The number of ether oxygens (including phenoxy) is 1. The summed E-state index contributed by atoms with van der Waals surface area (Å²) in [6.07, 6.45) is 3.36. The van der Waals surface area contributed by atoms with Crippen LogP contribution in [0.25, 0.3) is 0 Å². The molecule has 2 heterocycles. The maximum atomic E-state index is 12.2. The summed E-state index contributed by atoms with van der Waals surface area (Å²) < 4.78 is 9.79. The second-order valence-electron chi connectivity index (χ2n) is 5.66. The van der Waals surface area contributed by atoms with E-state index in [2.05, 4.69) is 10.1 Å². The summed E-state index contributed by atoms with van der Waals surface area (Å²) in [5, 5.41) is 3.57. The fourth-order valence-corrected chi connectivity index (χ4v) is 3.10. The Balaban J connectivity index is 1.56. The Morgan fingerprint density at radius 2 is 1.91 bits per heavy atom. The molecule has 1 saturated heterocycles. The van der Waals surface area contributed by atoms with Gasteiger partial charge in [-0.25, -0.2) is 0 Å². The number of carbonyl (C=O) groups excluding carboxylic acids is 3. The molecule has 1 aliphatic heterocycles. The van der Waals surface area contributed by atoms with Gasteiger partial charge in [0.15, 0.2) is 12.4 Å². The Labute approximate surface area is 126 Å². The van der Waals surface area contributed by atoms with Gasteiger partial charge in [0.2, 0.25) is 11.8 Å². The van der Waals surface area contributed by atoms with Crippen molar-refractivity contribution in [1.82, 2.24) is 15.0 Å². The number of esters is 1. The van der Waals surface area contributed by atoms with Crippen LogP contribution in [-0.2, 0) is 25.7 Å². The van der Waals surface area contributed by atoms with Gasteiger partial charge >= 0.3 is 5.97 Å². The molecule has 2 unspecified atom stereocenters. The number of fused-ring (bicyclic) bond motifs is 1. The molecule has 1 aliphatic carbocycles. The fraction of sp³-hybridized carbons (Fsp3) is 0.643. The average Bonchev–Trinajstić information content (AvgIpc) is 3.03. The van der Waals surface area contributed by atoms with Crippen LogP contribution in [0.1, 0.15) is 37.4 Å². The number of likely N-dealkylation sites (tertiary alicyclic amines) is 1. The molecule has 2 aliphatic rings. The third-order valence-electron chi connectivity index (χ3n) is 4.15. The van der Waals surface area contributed by atoms with Gasteiger partial charge in [-0.2, -0.15) is 4.98 Å². The van der Waals surface area contributed by atoms with Crippen molar-refractivity contribution < 1.29 is 23.6 Å². The number of aromatic nitrogens is 2. The number of imide groups is 1. The standard InChI is InChI=1S/C14H17N3O5/c1-8-15-11(22-16-8)7-21-12(18)6-17-13(19)9-4-2-3-5-10(9)14(17)20/h9-10H,2-7H2,1H3. The first-order chi connectivity index (χ1) is 10.6. The summed E-state index contributed by atoms with van der Waals surface area (Å²) in [6, 6.07) is 0.